The lowest BCUT2D eigenvalue weighted by Crippen LogP contribution is -2.03. The summed E-state index contributed by atoms with van der Waals surface area (Å²) in [6.07, 6.45) is 1.41. The van der Waals surface area contributed by atoms with Gasteiger partial charge >= 0.3 is 0 Å². The Bertz CT molecular complexity index is 1160. The molecule has 0 fully saturated rings. The summed E-state index contributed by atoms with van der Waals surface area (Å²) in [4.78, 5) is 15.2. The molecule has 0 saturated heterocycles. The molecule has 0 atom stereocenters. The zero-order chi connectivity index (χ0) is 21.7. The molecule has 0 amide bonds. The maximum absolute atomic E-state index is 11.3. The van der Waals surface area contributed by atoms with Gasteiger partial charge in [-0.1, -0.05) is 6.07 Å². The molecule has 9 heteroatoms. The van der Waals surface area contributed by atoms with E-state index in [0.29, 0.717) is 39.7 Å². The molecule has 3 aromatic rings. The normalized spacial score (nSPS) is 10.9. The molecule has 0 spiro atoms. The lowest BCUT2D eigenvalue weighted by molar-refractivity contribution is -0.384. The van der Waals surface area contributed by atoms with Crippen molar-refractivity contribution in [1.82, 2.24) is 4.98 Å². The summed E-state index contributed by atoms with van der Waals surface area (Å²) in [5.41, 5.74) is 5.65. The van der Waals surface area contributed by atoms with Gasteiger partial charge in [-0.2, -0.15) is 10.4 Å². The van der Waals surface area contributed by atoms with E-state index in [4.69, 9.17) is 9.15 Å². The Morgan fingerprint density at radius 2 is 2.13 bits per heavy atom. The third-order valence-electron chi connectivity index (χ3n) is 4.25. The number of hydrazone groups is 1. The number of nitro groups is 1. The van der Waals surface area contributed by atoms with E-state index in [-0.39, 0.29) is 12.3 Å². The van der Waals surface area contributed by atoms with Gasteiger partial charge in [0.05, 0.1) is 23.3 Å². The van der Waals surface area contributed by atoms with Crippen LogP contribution in [0.25, 0.3) is 11.3 Å². The summed E-state index contributed by atoms with van der Waals surface area (Å²) in [5.74, 6) is 1.05. The number of anilines is 1. The number of methoxy groups -OCH3 is 1. The van der Waals surface area contributed by atoms with E-state index in [9.17, 15) is 15.4 Å². The lowest BCUT2D eigenvalue weighted by Gasteiger charge is -2.08. The first kappa shape index (κ1) is 20.7. The van der Waals surface area contributed by atoms with E-state index in [1.807, 2.05) is 6.92 Å². The van der Waals surface area contributed by atoms with Crippen molar-refractivity contribution in [3.8, 4) is 17.4 Å². The smallest absolute Gasteiger partial charge is 0.280 e. The lowest BCUT2D eigenvalue weighted by atomic mass is 10.1. The summed E-state index contributed by atoms with van der Waals surface area (Å²) in [6.45, 7) is 3.87. The third-order valence-corrected chi connectivity index (χ3v) is 4.25. The second kappa shape index (κ2) is 8.98. The largest absolute Gasteiger partial charge is 0.455 e. The van der Waals surface area contributed by atoms with Crippen LogP contribution in [0.3, 0.4) is 0 Å². The molecule has 0 aliphatic rings. The summed E-state index contributed by atoms with van der Waals surface area (Å²) >= 11 is 0. The van der Waals surface area contributed by atoms with Crippen LogP contribution in [0.4, 0.5) is 11.5 Å². The minimum atomic E-state index is -0.440. The molecule has 2 aromatic heterocycles. The fourth-order valence-corrected chi connectivity index (χ4v) is 2.94. The van der Waals surface area contributed by atoms with Gasteiger partial charge in [-0.25, -0.2) is 4.98 Å². The predicted molar refractivity (Wildman–Crippen MR) is 111 cm³/mol. The van der Waals surface area contributed by atoms with Crippen LogP contribution < -0.4 is 5.43 Å². The first-order valence-corrected chi connectivity index (χ1v) is 8.96. The fourth-order valence-electron chi connectivity index (χ4n) is 2.94. The van der Waals surface area contributed by atoms with E-state index in [0.717, 1.165) is 5.56 Å². The molecule has 9 nitrogen and oxygen atoms in total. The second-order valence-corrected chi connectivity index (χ2v) is 6.54. The Morgan fingerprint density at radius 1 is 1.33 bits per heavy atom. The highest BCUT2D eigenvalue weighted by atomic mass is 16.6. The van der Waals surface area contributed by atoms with Gasteiger partial charge in [-0.3, -0.25) is 15.5 Å². The number of pyridine rings is 1. The molecular weight excluding hydrogens is 386 g/mol. The highest BCUT2D eigenvalue weighted by Crippen LogP contribution is 2.31. The van der Waals surface area contributed by atoms with E-state index < -0.39 is 4.92 Å². The van der Waals surface area contributed by atoms with Crippen LogP contribution >= 0.6 is 0 Å². The summed E-state index contributed by atoms with van der Waals surface area (Å²) < 4.78 is 10.8. The minimum Gasteiger partial charge on any atom is -0.455 e. The zero-order valence-electron chi connectivity index (χ0n) is 16.7. The highest BCUT2D eigenvalue weighted by Gasteiger charge is 2.18. The maximum atomic E-state index is 11.3. The van der Waals surface area contributed by atoms with Crippen LogP contribution in [0.15, 0.2) is 45.9 Å². The Morgan fingerprint density at radius 3 is 2.83 bits per heavy atom. The standard InChI is InChI=1S/C21H19N5O4/c1-13-4-6-17(19(8-13)26(27)28)20-7-5-16(30-20)11-23-25-21-18(10-22)15(12-29-3)9-14(2)24-21/h4-9,11H,12H2,1-3H3,(H,24,25)/b23-11+. The first-order chi connectivity index (χ1) is 14.4. The van der Waals surface area contributed by atoms with Crippen LogP contribution in [0.1, 0.15) is 28.1 Å². The zero-order valence-corrected chi connectivity index (χ0v) is 16.7. The molecule has 0 aliphatic carbocycles. The van der Waals surface area contributed by atoms with E-state index in [1.165, 1.54) is 12.3 Å². The number of ether oxygens (including phenoxy) is 1. The number of hydrogen-bond donors (Lipinski definition) is 1. The van der Waals surface area contributed by atoms with Gasteiger partial charge in [0.2, 0.25) is 0 Å². The van der Waals surface area contributed by atoms with Gasteiger partial charge in [-0.05, 0) is 43.7 Å². The SMILES string of the molecule is COCc1cc(C)nc(N/N=C/c2ccc(-c3ccc(C)cc3[N+](=O)[O-])o2)c1C#N. The number of nitriles is 1. The van der Waals surface area contributed by atoms with Crippen LogP contribution in [0.5, 0.6) is 0 Å². The van der Waals surface area contributed by atoms with Crippen LogP contribution in [0.2, 0.25) is 0 Å². The van der Waals surface area contributed by atoms with E-state index in [1.54, 1.807) is 44.4 Å². The Hall–Kier alpha value is -4.03. The average molecular weight is 405 g/mol. The molecule has 0 bridgehead atoms. The maximum Gasteiger partial charge on any atom is 0.280 e. The van der Waals surface area contributed by atoms with Gasteiger partial charge in [0.1, 0.15) is 23.2 Å². The van der Waals surface area contributed by atoms with Crippen molar-refractivity contribution >= 4 is 17.7 Å². The molecule has 30 heavy (non-hydrogen) atoms. The molecule has 1 aromatic carbocycles. The van der Waals surface area contributed by atoms with Gasteiger partial charge in [0.25, 0.3) is 5.69 Å². The van der Waals surface area contributed by atoms with Crippen molar-refractivity contribution in [2.45, 2.75) is 20.5 Å². The van der Waals surface area contributed by atoms with Crippen LogP contribution in [-0.2, 0) is 11.3 Å². The third kappa shape index (κ3) is 4.51. The van der Waals surface area contributed by atoms with Gasteiger partial charge < -0.3 is 9.15 Å². The average Bonchev–Trinajstić information content (AvgIpc) is 3.16. The Kier molecular flexibility index (Phi) is 6.20. The van der Waals surface area contributed by atoms with Crippen LogP contribution in [-0.4, -0.2) is 23.2 Å². The minimum absolute atomic E-state index is 0.0285. The number of furan rings is 1. The Labute approximate surface area is 172 Å². The van der Waals surface area contributed by atoms with Crippen molar-refractivity contribution < 1.29 is 14.1 Å². The van der Waals surface area contributed by atoms with Gasteiger partial charge in [0.15, 0.2) is 5.82 Å². The van der Waals surface area contributed by atoms with Crippen LogP contribution in [0, 0.1) is 35.3 Å². The number of hydrogen-bond acceptors (Lipinski definition) is 8. The Balaban J connectivity index is 1.83. The number of nitrogens with one attached hydrogen (secondary N) is 1. The van der Waals surface area contributed by atoms with Gasteiger partial charge in [-0.15, -0.1) is 0 Å². The predicted octanol–water partition coefficient (Wildman–Crippen LogP) is 4.33. The molecule has 0 radical (unpaired) electrons. The van der Waals surface area contributed by atoms with Crippen molar-refractivity contribution in [3.63, 3.8) is 0 Å². The number of rotatable bonds is 7. The first-order valence-electron chi connectivity index (χ1n) is 8.96. The quantitative estimate of drug-likeness (QED) is 0.352. The number of nitro benzene ring substituents is 1. The number of nitrogens with zero attached hydrogens (tertiary/aromatic N) is 4. The molecule has 0 aliphatic heterocycles. The monoisotopic (exact) mass is 405 g/mol. The molecule has 3 rings (SSSR count). The molecule has 2 heterocycles. The highest BCUT2D eigenvalue weighted by molar-refractivity contribution is 5.79. The van der Waals surface area contributed by atoms with Crippen molar-refractivity contribution in [2.24, 2.45) is 5.10 Å². The number of aromatic nitrogens is 1. The molecule has 152 valence electrons. The van der Waals surface area contributed by atoms with E-state index in [2.05, 4.69) is 21.6 Å². The van der Waals surface area contributed by atoms with Crippen molar-refractivity contribution in [3.05, 3.63) is 74.7 Å². The molecule has 0 unspecified atom stereocenters. The topological polar surface area (TPSA) is 127 Å². The van der Waals surface area contributed by atoms with Crippen molar-refractivity contribution in [2.75, 3.05) is 12.5 Å². The second-order valence-electron chi connectivity index (χ2n) is 6.54. The van der Waals surface area contributed by atoms with Gasteiger partial charge in [0, 0.05) is 24.4 Å². The fraction of sp³-hybridized carbons (Fsp3) is 0.190. The molecule has 0 saturated carbocycles. The van der Waals surface area contributed by atoms with Crippen molar-refractivity contribution in [1.29, 1.82) is 5.26 Å². The molecular formula is C21H19N5O4. The summed E-state index contributed by atoms with van der Waals surface area (Å²) in [6, 6.07) is 12.1. The summed E-state index contributed by atoms with van der Waals surface area (Å²) in [5, 5.41) is 24.9. The summed E-state index contributed by atoms with van der Waals surface area (Å²) in [7, 11) is 1.55. The number of aryl methyl sites for hydroxylation is 2. The number of benzene rings is 1. The van der Waals surface area contributed by atoms with E-state index >= 15 is 0 Å². The molecule has 1 N–H and O–H groups in total.